The molecule has 0 amide bonds. The average Bonchev–Trinajstić information content (AvgIpc) is 2.39. The lowest BCUT2D eigenvalue weighted by molar-refractivity contribution is -0.137. The maximum atomic E-state index is 11.4. The molecule has 0 unspecified atom stereocenters. The highest BCUT2D eigenvalue weighted by molar-refractivity contribution is 9.10. The minimum atomic E-state index is -0.652. The van der Waals surface area contributed by atoms with Crippen molar-refractivity contribution in [3.63, 3.8) is 0 Å². The number of halogens is 1. The van der Waals surface area contributed by atoms with Gasteiger partial charge in [0.1, 0.15) is 5.75 Å². The maximum absolute atomic E-state index is 11.4. The lowest BCUT2D eigenvalue weighted by Crippen LogP contribution is -2.05. The predicted molar refractivity (Wildman–Crippen MR) is 78.9 cm³/mol. The molecule has 0 spiro atoms. The smallest absolute Gasteiger partial charge is 0.389 e. The average molecular weight is 337 g/mol. The Morgan fingerprint density at radius 3 is 2.80 bits per heavy atom. The molecule has 20 heavy (non-hydrogen) atoms. The first-order valence-electron chi connectivity index (χ1n) is 5.85. The standard InChI is InChI=1S/C15H13BrO4/c1-3-5-15(18)20-13-8-7-12(16)10-11(13)6-9-14(17)19-4-2/h6-10H,4H2,1-2H3/b9-6+. The van der Waals surface area contributed by atoms with E-state index >= 15 is 0 Å². The molecule has 0 heterocycles. The van der Waals surface area contributed by atoms with Crippen molar-refractivity contribution in [2.24, 2.45) is 0 Å². The van der Waals surface area contributed by atoms with Crippen LogP contribution in [-0.4, -0.2) is 18.5 Å². The lowest BCUT2D eigenvalue weighted by atomic mass is 10.2. The van der Waals surface area contributed by atoms with Crippen molar-refractivity contribution in [3.8, 4) is 17.6 Å². The van der Waals surface area contributed by atoms with E-state index in [9.17, 15) is 9.59 Å². The molecule has 0 aromatic heterocycles. The molecular formula is C15H13BrO4. The van der Waals surface area contributed by atoms with Gasteiger partial charge in [-0.15, -0.1) is 0 Å². The molecule has 0 saturated heterocycles. The Hall–Kier alpha value is -2.06. The van der Waals surface area contributed by atoms with Gasteiger partial charge in [0.15, 0.2) is 0 Å². The van der Waals surface area contributed by atoms with Crippen molar-refractivity contribution in [1.29, 1.82) is 0 Å². The minimum Gasteiger partial charge on any atom is -0.463 e. The van der Waals surface area contributed by atoms with Gasteiger partial charge in [0.25, 0.3) is 0 Å². The Morgan fingerprint density at radius 2 is 2.15 bits per heavy atom. The number of rotatable bonds is 4. The summed E-state index contributed by atoms with van der Waals surface area (Å²) in [5.41, 5.74) is 0.568. The maximum Gasteiger partial charge on any atom is 0.389 e. The Bertz CT molecular complexity index is 594. The number of benzene rings is 1. The van der Waals surface area contributed by atoms with E-state index < -0.39 is 11.9 Å². The molecule has 104 valence electrons. The Balaban J connectivity index is 2.97. The third kappa shape index (κ3) is 5.29. The zero-order valence-electron chi connectivity index (χ0n) is 11.1. The van der Waals surface area contributed by atoms with Crippen LogP contribution in [0.15, 0.2) is 28.7 Å². The number of hydrogen-bond acceptors (Lipinski definition) is 4. The van der Waals surface area contributed by atoms with Crippen LogP contribution in [0.2, 0.25) is 0 Å². The highest BCUT2D eigenvalue weighted by Gasteiger charge is 2.07. The van der Waals surface area contributed by atoms with Gasteiger partial charge in [-0.2, -0.15) is 0 Å². The molecule has 0 saturated carbocycles. The quantitative estimate of drug-likeness (QED) is 0.279. The van der Waals surface area contributed by atoms with Crippen LogP contribution in [-0.2, 0) is 14.3 Å². The minimum absolute atomic E-state index is 0.301. The van der Waals surface area contributed by atoms with Gasteiger partial charge in [-0.05, 0) is 38.1 Å². The third-order valence-corrected chi connectivity index (χ3v) is 2.58. The Morgan fingerprint density at radius 1 is 1.40 bits per heavy atom. The normalized spacial score (nSPS) is 9.75. The molecule has 0 aliphatic heterocycles. The highest BCUT2D eigenvalue weighted by Crippen LogP contribution is 2.24. The van der Waals surface area contributed by atoms with Crippen molar-refractivity contribution in [1.82, 2.24) is 0 Å². The molecule has 1 aromatic rings. The molecular weight excluding hydrogens is 324 g/mol. The van der Waals surface area contributed by atoms with E-state index in [2.05, 4.69) is 27.8 Å². The second-order valence-corrected chi connectivity index (χ2v) is 4.45. The van der Waals surface area contributed by atoms with Crippen molar-refractivity contribution in [2.45, 2.75) is 13.8 Å². The van der Waals surface area contributed by atoms with Crippen molar-refractivity contribution in [3.05, 3.63) is 34.3 Å². The first-order valence-corrected chi connectivity index (χ1v) is 6.65. The van der Waals surface area contributed by atoms with E-state index in [1.54, 1.807) is 32.0 Å². The summed E-state index contributed by atoms with van der Waals surface area (Å²) in [7, 11) is 0. The predicted octanol–water partition coefficient (Wildman–Crippen LogP) is 2.95. The number of hydrogen-bond donors (Lipinski definition) is 0. The van der Waals surface area contributed by atoms with Crippen LogP contribution in [0.4, 0.5) is 0 Å². The Kier molecular flexibility index (Phi) is 6.54. The number of esters is 2. The molecule has 0 radical (unpaired) electrons. The van der Waals surface area contributed by atoms with Crippen LogP contribution < -0.4 is 4.74 Å². The topological polar surface area (TPSA) is 52.6 Å². The molecule has 0 fully saturated rings. The van der Waals surface area contributed by atoms with E-state index in [-0.39, 0.29) is 0 Å². The zero-order chi connectivity index (χ0) is 15.0. The fourth-order valence-corrected chi connectivity index (χ4v) is 1.70. The van der Waals surface area contributed by atoms with E-state index in [1.807, 2.05) is 0 Å². The van der Waals surface area contributed by atoms with Gasteiger partial charge in [0.05, 0.1) is 6.61 Å². The van der Waals surface area contributed by atoms with Crippen LogP contribution >= 0.6 is 15.9 Å². The second-order valence-electron chi connectivity index (χ2n) is 3.53. The molecule has 5 heteroatoms. The van der Waals surface area contributed by atoms with Crippen molar-refractivity contribution < 1.29 is 19.1 Å². The zero-order valence-corrected chi connectivity index (χ0v) is 12.7. The van der Waals surface area contributed by atoms with Crippen molar-refractivity contribution >= 4 is 33.9 Å². The van der Waals surface area contributed by atoms with E-state index in [0.29, 0.717) is 17.9 Å². The number of ether oxygens (including phenoxy) is 2. The molecule has 0 aliphatic carbocycles. The summed E-state index contributed by atoms with van der Waals surface area (Å²) < 4.78 is 10.7. The van der Waals surface area contributed by atoms with Gasteiger partial charge in [0, 0.05) is 22.0 Å². The molecule has 0 aliphatic rings. The summed E-state index contributed by atoms with van der Waals surface area (Å²) in [6.45, 7) is 3.57. The number of carbonyl (C=O) groups is 2. The summed E-state index contributed by atoms with van der Waals surface area (Å²) in [4.78, 5) is 22.7. The molecule has 0 N–H and O–H groups in total. The second kappa shape index (κ2) is 8.18. The summed E-state index contributed by atoms with van der Waals surface area (Å²) in [6, 6.07) is 5.06. The largest absolute Gasteiger partial charge is 0.463 e. The van der Waals surface area contributed by atoms with E-state index in [0.717, 1.165) is 4.47 Å². The summed E-state index contributed by atoms with van der Waals surface area (Å²) in [5.74, 6) is 3.95. The number of carbonyl (C=O) groups excluding carboxylic acids is 2. The highest BCUT2D eigenvalue weighted by atomic mass is 79.9. The van der Waals surface area contributed by atoms with E-state index in [1.165, 1.54) is 12.2 Å². The van der Waals surface area contributed by atoms with Gasteiger partial charge >= 0.3 is 11.9 Å². The van der Waals surface area contributed by atoms with E-state index in [4.69, 9.17) is 9.47 Å². The fourth-order valence-electron chi connectivity index (χ4n) is 1.32. The van der Waals surface area contributed by atoms with Crippen LogP contribution in [0.3, 0.4) is 0 Å². The van der Waals surface area contributed by atoms with Gasteiger partial charge in [-0.3, -0.25) is 0 Å². The van der Waals surface area contributed by atoms with Gasteiger partial charge < -0.3 is 9.47 Å². The SMILES string of the molecule is CC#CC(=O)Oc1ccc(Br)cc1/C=C/C(=O)OCC. The molecule has 1 rings (SSSR count). The summed E-state index contributed by atoms with van der Waals surface area (Å²) >= 11 is 3.31. The molecule has 1 aromatic carbocycles. The summed E-state index contributed by atoms with van der Waals surface area (Å²) in [6.07, 6.45) is 2.79. The first-order chi connectivity index (χ1) is 9.56. The molecule has 0 atom stereocenters. The Labute approximate surface area is 125 Å². The third-order valence-electron chi connectivity index (χ3n) is 2.09. The van der Waals surface area contributed by atoms with Gasteiger partial charge in [-0.1, -0.05) is 21.9 Å². The van der Waals surface area contributed by atoms with Crippen LogP contribution in [0.25, 0.3) is 6.08 Å². The van der Waals surface area contributed by atoms with Gasteiger partial charge in [-0.25, -0.2) is 9.59 Å². The van der Waals surface area contributed by atoms with Crippen molar-refractivity contribution in [2.75, 3.05) is 6.61 Å². The first kappa shape index (κ1) is 16.0. The molecule has 0 bridgehead atoms. The fraction of sp³-hybridized carbons (Fsp3) is 0.200. The lowest BCUT2D eigenvalue weighted by Gasteiger charge is -2.05. The van der Waals surface area contributed by atoms with Gasteiger partial charge in [0.2, 0.25) is 0 Å². The van der Waals surface area contributed by atoms with Crippen LogP contribution in [0.1, 0.15) is 19.4 Å². The monoisotopic (exact) mass is 336 g/mol. The summed E-state index contributed by atoms with van der Waals surface area (Å²) in [5, 5.41) is 0. The van der Waals surface area contributed by atoms with Crippen LogP contribution in [0.5, 0.6) is 5.75 Å². The molecule has 4 nitrogen and oxygen atoms in total. The van der Waals surface area contributed by atoms with Crippen LogP contribution in [0, 0.1) is 11.8 Å².